The molecule has 2 fully saturated rings. The van der Waals surface area contributed by atoms with Gasteiger partial charge in [-0.05, 0) is 12.8 Å². The van der Waals surface area contributed by atoms with Crippen LogP contribution in [-0.4, -0.2) is 61.2 Å². The summed E-state index contributed by atoms with van der Waals surface area (Å²) in [4.78, 5) is 15.6. The van der Waals surface area contributed by atoms with Gasteiger partial charge in [-0.25, -0.2) is 0 Å². The molecule has 20 heavy (non-hydrogen) atoms. The van der Waals surface area contributed by atoms with Crippen molar-refractivity contribution >= 4 is 5.91 Å². The highest BCUT2D eigenvalue weighted by molar-refractivity contribution is 5.83. The second-order valence-electron chi connectivity index (χ2n) is 5.88. The SMILES string of the molecule is NCC1(C(=O)N2CCN(CC(F)(F)F)CC2)CCCC1. The van der Waals surface area contributed by atoms with Crippen molar-refractivity contribution in [2.45, 2.75) is 31.9 Å². The first-order valence-electron chi connectivity index (χ1n) is 7.15. The molecule has 0 bridgehead atoms. The Hall–Kier alpha value is -0.820. The van der Waals surface area contributed by atoms with E-state index in [0.717, 1.165) is 25.7 Å². The van der Waals surface area contributed by atoms with Crippen LogP contribution in [0.5, 0.6) is 0 Å². The van der Waals surface area contributed by atoms with E-state index in [1.54, 1.807) is 4.90 Å². The number of rotatable bonds is 3. The van der Waals surface area contributed by atoms with Crippen molar-refractivity contribution in [1.82, 2.24) is 9.80 Å². The smallest absolute Gasteiger partial charge is 0.340 e. The first kappa shape index (κ1) is 15.6. The third kappa shape index (κ3) is 3.44. The Morgan fingerprint density at radius 2 is 1.65 bits per heavy atom. The van der Waals surface area contributed by atoms with Crippen LogP contribution in [0.1, 0.15) is 25.7 Å². The molecule has 0 atom stereocenters. The summed E-state index contributed by atoms with van der Waals surface area (Å²) in [6, 6.07) is 0. The average Bonchev–Trinajstić information content (AvgIpc) is 2.87. The fraction of sp³-hybridized carbons (Fsp3) is 0.923. The number of carbonyl (C=O) groups is 1. The van der Waals surface area contributed by atoms with E-state index < -0.39 is 18.1 Å². The van der Waals surface area contributed by atoms with Crippen molar-refractivity contribution in [3.8, 4) is 0 Å². The molecular weight excluding hydrogens is 271 g/mol. The molecule has 1 heterocycles. The van der Waals surface area contributed by atoms with Crippen LogP contribution < -0.4 is 5.73 Å². The van der Waals surface area contributed by atoms with E-state index in [4.69, 9.17) is 5.73 Å². The van der Waals surface area contributed by atoms with Gasteiger partial charge in [0.2, 0.25) is 5.91 Å². The summed E-state index contributed by atoms with van der Waals surface area (Å²) in [5.41, 5.74) is 5.33. The number of amides is 1. The van der Waals surface area contributed by atoms with Crippen molar-refractivity contribution in [2.75, 3.05) is 39.3 Å². The van der Waals surface area contributed by atoms with Gasteiger partial charge in [0.25, 0.3) is 0 Å². The minimum absolute atomic E-state index is 0.0455. The van der Waals surface area contributed by atoms with E-state index in [1.807, 2.05) is 0 Å². The minimum atomic E-state index is -4.17. The predicted molar refractivity (Wildman–Crippen MR) is 69.0 cm³/mol. The van der Waals surface area contributed by atoms with E-state index in [0.29, 0.717) is 19.6 Å². The highest BCUT2D eigenvalue weighted by atomic mass is 19.4. The van der Waals surface area contributed by atoms with Gasteiger partial charge in [0, 0.05) is 32.7 Å². The highest BCUT2D eigenvalue weighted by Crippen LogP contribution is 2.39. The Kier molecular flexibility index (Phi) is 4.59. The number of hydrogen-bond acceptors (Lipinski definition) is 3. The molecule has 0 aromatic rings. The molecule has 1 amide bonds. The number of nitrogens with zero attached hydrogens (tertiary/aromatic N) is 2. The van der Waals surface area contributed by atoms with Crippen LogP contribution in [0, 0.1) is 5.41 Å². The number of halogens is 3. The maximum atomic E-state index is 12.6. The lowest BCUT2D eigenvalue weighted by atomic mass is 9.84. The second kappa shape index (κ2) is 5.89. The van der Waals surface area contributed by atoms with Crippen LogP contribution in [0.2, 0.25) is 0 Å². The molecular formula is C13H22F3N3O. The Bertz CT molecular complexity index is 345. The zero-order valence-electron chi connectivity index (χ0n) is 11.6. The lowest BCUT2D eigenvalue weighted by Gasteiger charge is -2.39. The number of nitrogens with two attached hydrogens (primary N) is 1. The van der Waals surface area contributed by atoms with Crippen molar-refractivity contribution < 1.29 is 18.0 Å². The standard InChI is InChI=1S/C13H22F3N3O/c14-13(15,16)10-18-5-7-19(8-6-18)11(20)12(9-17)3-1-2-4-12/h1-10,17H2. The maximum absolute atomic E-state index is 12.6. The van der Waals surface area contributed by atoms with Crippen molar-refractivity contribution in [2.24, 2.45) is 11.1 Å². The topological polar surface area (TPSA) is 49.6 Å². The molecule has 0 radical (unpaired) electrons. The Morgan fingerprint density at radius 1 is 1.10 bits per heavy atom. The van der Waals surface area contributed by atoms with E-state index in [2.05, 4.69) is 0 Å². The molecule has 0 spiro atoms. The summed E-state index contributed by atoms with van der Waals surface area (Å²) in [5.74, 6) is 0.0455. The maximum Gasteiger partial charge on any atom is 0.401 e. The molecule has 0 aromatic carbocycles. The van der Waals surface area contributed by atoms with Gasteiger partial charge in [-0.1, -0.05) is 12.8 Å². The van der Waals surface area contributed by atoms with Gasteiger partial charge >= 0.3 is 6.18 Å². The van der Waals surface area contributed by atoms with Crippen LogP contribution in [0.25, 0.3) is 0 Å². The Balaban J connectivity index is 1.88. The largest absolute Gasteiger partial charge is 0.401 e. The molecule has 1 saturated heterocycles. The van der Waals surface area contributed by atoms with E-state index in [1.165, 1.54) is 4.90 Å². The molecule has 1 aliphatic heterocycles. The molecule has 7 heteroatoms. The van der Waals surface area contributed by atoms with E-state index >= 15 is 0 Å². The van der Waals surface area contributed by atoms with E-state index in [-0.39, 0.29) is 19.0 Å². The zero-order chi connectivity index (χ0) is 14.8. The van der Waals surface area contributed by atoms with Crippen LogP contribution in [0.3, 0.4) is 0 Å². The zero-order valence-corrected chi connectivity index (χ0v) is 11.6. The molecule has 2 N–H and O–H groups in total. The van der Waals surface area contributed by atoms with Crippen molar-refractivity contribution in [3.63, 3.8) is 0 Å². The third-order valence-corrected chi connectivity index (χ3v) is 4.47. The molecule has 2 rings (SSSR count). The molecule has 116 valence electrons. The lowest BCUT2D eigenvalue weighted by molar-refractivity contribution is -0.154. The van der Waals surface area contributed by atoms with Gasteiger partial charge in [0.1, 0.15) is 0 Å². The van der Waals surface area contributed by atoms with Crippen LogP contribution >= 0.6 is 0 Å². The van der Waals surface area contributed by atoms with Crippen molar-refractivity contribution in [3.05, 3.63) is 0 Å². The first-order valence-corrected chi connectivity index (χ1v) is 7.15. The van der Waals surface area contributed by atoms with Crippen molar-refractivity contribution in [1.29, 1.82) is 0 Å². The predicted octanol–water partition coefficient (Wildman–Crippen LogP) is 1.21. The number of alkyl halides is 3. The number of carbonyl (C=O) groups excluding carboxylic acids is 1. The molecule has 4 nitrogen and oxygen atoms in total. The van der Waals surface area contributed by atoms with Gasteiger partial charge in [-0.3, -0.25) is 9.69 Å². The van der Waals surface area contributed by atoms with Crippen LogP contribution in [0.4, 0.5) is 13.2 Å². The van der Waals surface area contributed by atoms with Crippen LogP contribution in [0.15, 0.2) is 0 Å². The summed E-state index contributed by atoms with van der Waals surface area (Å²) in [6.45, 7) is 0.761. The normalized spacial score (nSPS) is 24.1. The summed E-state index contributed by atoms with van der Waals surface area (Å²) in [5, 5.41) is 0. The highest BCUT2D eigenvalue weighted by Gasteiger charge is 2.43. The molecule has 1 saturated carbocycles. The summed E-state index contributed by atoms with van der Waals surface area (Å²) >= 11 is 0. The average molecular weight is 293 g/mol. The molecule has 0 unspecified atom stereocenters. The van der Waals surface area contributed by atoms with Gasteiger partial charge in [0.05, 0.1) is 12.0 Å². The third-order valence-electron chi connectivity index (χ3n) is 4.47. The first-order chi connectivity index (χ1) is 9.36. The molecule has 0 aromatic heterocycles. The number of piperazine rings is 1. The molecule has 2 aliphatic rings. The second-order valence-corrected chi connectivity index (χ2v) is 5.88. The monoisotopic (exact) mass is 293 g/mol. The summed E-state index contributed by atoms with van der Waals surface area (Å²) in [6.07, 6.45) is -0.528. The van der Waals surface area contributed by atoms with E-state index in [9.17, 15) is 18.0 Å². The molecule has 1 aliphatic carbocycles. The summed E-state index contributed by atoms with van der Waals surface area (Å²) < 4.78 is 37.0. The summed E-state index contributed by atoms with van der Waals surface area (Å²) in [7, 11) is 0. The van der Waals surface area contributed by atoms with Gasteiger partial charge in [-0.15, -0.1) is 0 Å². The fourth-order valence-corrected chi connectivity index (χ4v) is 3.26. The van der Waals surface area contributed by atoms with Gasteiger partial charge in [-0.2, -0.15) is 13.2 Å². The number of hydrogen-bond donors (Lipinski definition) is 1. The quantitative estimate of drug-likeness (QED) is 0.851. The Labute approximate surface area is 117 Å². The Morgan fingerprint density at radius 3 is 2.10 bits per heavy atom. The van der Waals surface area contributed by atoms with Gasteiger partial charge in [0.15, 0.2) is 0 Å². The van der Waals surface area contributed by atoms with Gasteiger partial charge < -0.3 is 10.6 Å². The fourth-order valence-electron chi connectivity index (χ4n) is 3.26. The lowest BCUT2D eigenvalue weighted by Crippen LogP contribution is -2.55. The van der Waals surface area contributed by atoms with Crippen LogP contribution in [-0.2, 0) is 4.79 Å². The minimum Gasteiger partial charge on any atom is -0.340 e.